The van der Waals surface area contributed by atoms with E-state index in [1.54, 1.807) is 0 Å². The summed E-state index contributed by atoms with van der Waals surface area (Å²) in [5.74, 6) is 1.36. The van der Waals surface area contributed by atoms with Crippen LogP contribution in [0.25, 0.3) is 21.5 Å². The van der Waals surface area contributed by atoms with Crippen LogP contribution in [0.3, 0.4) is 0 Å². The molecule has 0 aromatic heterocycles. The molecule has 0 fully saturated rings. The number of allylic oxidation sites excluding steroid dienone is 7. The molecule has 0 aliphatic carbocycles. The Balaban J connectivity index is 1.33. The zero-order chi connectivity index (χ0) is 32.9. The van der Waals surface area contributed by atoms with E-state index >= 15 is 0 Å². The molecule has 0 radical (unpaired) electrons. The first kappa shape index (κ1) is 33.5. The van der Waals surface area contributed by atoms with Crippen LogP contribution in [0, 0.1) is 11.8 Å². The van der Waals surface area contributed by atoms with Gasteiger partial charge < -0.3 is 4.90 Å². The minimum atomic E-state index is -0.0728. The van der Waals surface area contributed by atoms with Gasteiger partial charge in [0.25, 0.3) is 0 Å². The van der Waals surface area contributed by atoms with Crippen molar-refractivity contribution in [2.75, 3.05) is 11.4 Å². The van der Waals surface area contributed by atoms with Crippen molar-refractivity contribution in [3.05, 3.63) is 132 Å². The van der Waals surface area contributed by atoms with Crippen LogP contribution in [0.5, 0.6) is 0 Å². The average Bonchev–Trinajstić information content (AvgIpc) is 3.25. The fourth-order valence-corrected chi connectivity index (χ4v) is 7.18. The molecule has 1 heterocycles. The standard InChI is InChI=1S/C44H54N2/c1-32(2)27-29-43(5,6)41-36-20-15-13-18-34(36)23-25-38(41)45-30-17-11-9-10-12-22-40-44(7,8)42-37-21-16-14-19-35(37)24-26-39(42)46(40)31-28-33(3)4/h9-26,30,32-33,45H,27-29,31H2,1-8H3/p+1/b11-9+,12-10+,30-17+,40-22+. The Bertz CT molecular complexity index is 1780. The average molecular weight is 612 g/mol. The summed E-state index contributed by atoms with van der Waals surface area (Å²) in [6.07, 6.45) is 18.9. The largest absolute Gasteiger partial charge is 0.344 e. The van der Waals surface area contributed by atoms with Crippen molar-refractivity contribution in [3.8, 4) is 0 Å². The maximum atomic E-state index is 2.56. The van der Waals surface area contributed by atoms with Gasteiger partial charge in [-0.1, -0.05) is 141 Å². The third kappa shape index (κ3) is 7.24. The molecule has 240 valence electrons. The predicted molar refractivity (Wildman–Crippen MR) is 202 cm³/mol. The van der Waals surface area contributed by atoms with Crippen LogP contribution in [0.1, 0.15) is 85.8 Å². The molecule has 4 aromatic rings. The van der Waals surface area contributed by atoms with Crippen molar-refractivity contribution >= 4 is 32.9 Å². The SMILES string of the molecule is CC(C)CCN1/C(=C/C=C/C=C/C=C/[NH2+]c2ccc3ccccc3c2C(C)(C)CCC(C)C)C(C)(C)c2c1ccc1ccccc21. The molecular weight excluding hydrogens is 556 g/mol. The van der Waals surface area contributed by atoms with Gasteiger partial charge in [-0.25, -0.2) is 0 Å². The van der Waals surface area contributed by atoms with E-state index in [9.17, 15) is 0 Å². The second-order valence-corrected chi connectivity index (χ2v) is 15.1. The molecule has 0 saturated carbocycles. The first-order chi connectivity index (χ1) is 22.0. The van der Waals surface area contributed by atoms with E-state index in [4.69, 9.17) is 0 Å². The van der Waals surface area contributed by atoms with Crippen LogP contribution in [0.4, 0.5) is 11.4 Å². The fourth-order valence-electron chi connectivity index (χ4n) is 7.18. The topological polar surface area (TPSA) is 19.9 Å². The zero-order valence-electron chi connectivity index (χ0n) is 29.5. The highest BCUT2D eigenvalue weighted by Crippen LogP contribution is 2.50. The third-order valence-corrected chi connectivity index (χ3v) is 9.75. The zero-order valence-corrected chi connectivity index (χ0v) is 29.5. The number of quaternary nitrogens is 1. The number of nitrogens with two attached hydrogens (primary N) is 1. The van der Waals surface area contributed by atoms with Crippen molar-refractivity contribution in [2.45, 2.75) is 85.5 Å². The summed E-state index contributed by atoms with van der Waals surface area (Å²) in [5, 5.41) is 7.66. The fraction of sp³-hybridized carbons (Fsp3) is 0.364. The summed E-state index contributed by atoms with van der Waals surface area (Å²) in [6, 6.07) is 26.8. The molecule has 0 saturated heterocycles. The molecule has 0 unspecified atom stereocenters. The molecule has 46 heavy (non-hydrogen) atoms. The van der Waals surface area contributed by atoms with Gasteiger partial charge in [-0.2, -0.15) is 0 Å². The molecule has 0 amide bonds. The van der Waals surface area contributed by atoms with Crippen LogP contribution in [0.15, 0.2) is 121 Å². The summed E-state index contributed by atoms with van der Waals surface area (Å²) in [5.41, 5.74) is 6.98. The Morgan fingerprint density at radius 3 is 2.04 bits per heavy atom. The van der Waals surface area contributed by atoms with Crippen molar-refractivity contribution in [1.82, 2.24) is 0 Å². The van der Waals surface area contributed by atoms with Gasteiger partial charge >= 0.3 is 0 Å². The van der Waals surface area contributed by atoms with Gasteiger partial charge in [-0.05, 0) is 81.5 Å². The second kappa shape index (κ2) is 14.3. The van der Waals surface area contributed by atoms with Gasteiger partial charge in [0.15, 0.2) is 0 Å². The number of hydrogen-bond acceptors (Lipinski definition) is 1. The van der Waals surface area contributed by atoms with E-state index in [0.29, 0.717) is 11.8 Å². The first-order valence-corrected chi connectivity index (χ1v) is 17.4. The first-order valence-electron chi connectivity index (χ1n) is 17.4. The number of rotatable bonds is 12. The van der Waals surface area contributed by atoms with Gasteiger partial charge in [-0.3, -0.25) is 5.32 Å². The molecule has 1 aliphatic rings. The highest BCUT2D eigenvalue weighted by molar-refractivity contribution is 5.95. The number of anilines is 1. The molecule has 2 N–H and O–H groups in total. The van der Waals surface area contributed by atoms with E-state index in [0.717, 1.165) is 6.54 Å². The second-order valence-electron chi connectivity index (χ2n) is 15.1. The minimum Gasteiger partial charge on any atom is -0.344 e. The number of fused-ring (bicyclic) bond motifs is 4. The Hall–Kier alpha value is -3.88. The normalized spacial score (nSPS) is 16.1. The van der Waals surface area contributed by atoms with E-state index in [2.05, 4.69) is 181 Å². The summed E-state index contributed by atoms with van der Waals surface area (Å²) in [6.45, 7) is 19.9. The number of nitrogens with zero attached hydrogens (tertiary/aromatic N) is 1. The van der Waals surface area contributed by atoms with E-state index in [1.807, 2.05) is 0 Å². The smallest absolute Gasteiger partial charge is 0.138 e. The van der Waals surface area contributed by atoms with Crippen molar-refractivity contribution < 1.29 is 5.32 Å². The van der Waals surface area contributed by atoms with Gasteiger partial charge in [-0.15, -0.1) is 0 Å². The Morgan fingerprint density at radius 1 is 0.717 bits per heavy atom. The Morgan fingerprint density at radius 2 is 1.33 bits per heavy atom. The quantitative estimate of drug-likeness (QED) is 0.125. The lowest BCUT2D eigenvalue weighted by Gasteiger charge is -2.28. The van der Waals surface area contributed by atoms with Crippen LogP contribution in [-0.2, 0) is 10.8 Å². The molecule has 0 bridgehead atoms. The molecule has 0 atom stereocenters. The van der Waals surface area contributed by atoms with E-state index in [1.165, 1.54) is 69.0 Å². The van der Waals surface area contributed by atoms with Crippen molar-refractivity contribution in [1.29, 1.82) is 0 Å². The molecule has 0 spiro atoms. The van der Waals surface area contributed by atoms with Gasteiger partial charge in [0, 0.05) is 35.0 Å². The van der Waals surface area contributed by atoms with Crippen LogP contribution in [-0.4, -0.2) is 6.54 Å². The lowest BCUT2D eigenvalue weighted by molar-refractivity contribution is -0.497. The number of hydrogen-bond donors (Lipinski definition) is 1. The molecular formula is C44H55N2+. The highest BCUT2D eigenvalue weighted by atomic mass is 15.2. The van der Waals surface area contributed by atoms with E-state index < -0.39 is 0 Å². The van der Waals surface area contributed by atoms with Crippen LogP contribution in [0.2, 0.25) is 0 Å². The lowest BCUT2D eigenvalue weighted by atomic mass is 9.76. The molecule has 5 rings (SSSR count). The van der Waals surface area contributed by atoms with Crippen molar-refractivity contribution in [2.24, 2.45) is 11.8 Å². The molecule has 2 nitrogen and oxygen atoms in total. The lowest BCUT2D eigenvalue weighted by Crippen LogP contribution is -2.71. The van der Waals surface area contributed by atoms with E-state index in [-0.39, 0.29) is 10.8 Å². The Labute approximate surface area is 278 Å². The van der Waals surface area contributed by atoms with Gasteiger partial charge in [0.05, 0.1) is 6.20 Å². The summed E-state index contributed by atoms with van der Waals surface area (Å²) in [4.78, 5) is 2.56. The van der Waals surface area contributed by atoms with Gasteiger partial charge in [0.2, 0.25) is 0 Å². The molecule has 4 aromatic carbocycles. The van der Waals surface area contributed by atoms with Crippen LogP contribution >= 0.6 is 0 Å². The Kier molecular flexibility index (Phi) is 10.4. The predicted octanol–water partition coefficient (Wildman–Crippen LogP) is 11.3. The molecule has 1 aliphatic heterocycles. The maximum absolute atomic E-state index is 2.56. The monoisotopic (exact) mass is 611 g/mol. The summed E-state index contributed by atoms with van der Waals surface area (Å²) < 4.78 is 0. The van der Waals surface area contributed by atoms with Crippen molar-refractivity contribution in [3.63, 3.8) is 0 Å². The summed E-state index contributed by atoms with van der Waals surface area (Å²) >= 11 is 0. The maximum Gasteiger partial charge on any atom is 0.138 e. The van der Waals surface area contributed by atoms with Gasteiger partial charge in [0.1, 0.15) is 5.69 Å². The summed E-state index contributed by atoms with van der Waals surface area (Å²) in [7, 11) is 0. The molecule has 2 heteroatoms. The minimum absolute atomic E-state index is 0.0728. The number of benzene rings is 4. The highest BCUT2D eigenvalue weighted by Gasteiger charge is 2.40. The third-order valence-electron chi connectivity index (χ3n) is 9.75. The van der Waals surface area contributed by atoms with Crippen LogP contribution < -0.4 is 10.2 Å².